The molecule has 1 heterocycles. The summed E-state index contributed by atoms with van der Waals surface area (Å²) in [7, 11) is -3.09. The van der Waals surface area contributed by atoms with Gasteiger partial charge in [0.2, 0.25) is 5.91 Å². The van der Waals surface area contributed by atoms with Gasteiger partial charge < -0.3 is 4.90 Å². The Morgan fingerprint density at radius 2 is 1.96 bits per heavy atom. The van der Waals surface area contributed by atoms with Crippen LogP contribution in [-0.2, 0) is 21.2 Å². The van der Waals surface area contributed by atoms with Gasteiger partial charge in [-0.25, -0.2) is 8.42 Å². The van der Waals surface area contributed by atoms with E-state index < -0.39 is 9.84 Å². The number of amides is 1. The van der Waals surface area contributed by atoms with Crippen LogP contribution in [0.3, 0.4) is 0 Å². The lowest BCUT2D eigenvalue weighted by Gasteiger charge is -2.27. The second-order valence-corrected chi connectivity index (χ2v) is 10.1. The van der Waals surface area contributed by atoms with E-state index in [2.05, 4.69) is 15.9 Å². The first-order valence-electron chi connectivity index (χ1n) is 8.51. The van der Waals surface area contributed by atoms with Crippen LogP contribution >= 0.6 is 27.5 Å². The van der Waals surface area contributed by atoms with Crippen LogP contribution in [0.1, 0.15) is 17.5 Å². The smallest absolute Gasteiger partial charge is 0.247 e. The number of sulfone groups is 1. The zero-order valence-electron chi connectivity index (χ0n) is 14.5. The third-order valence-electron chi connectivity index (χ3n) is 4.46. The third kappa shape index (κ3) is 5.67. The fraction of sp³-hybridized carbons (Fsp3) is 0.250. The molecule has 0 aromatic heterocycles. The fourth-order valence-electron chi connectivity index (χ4n) is 3.08. The summed E-state index contributed by atoms with van der Waals surface area (Å²) in [4.78, 5) is 14.5. The molecule has 0 bridgehead atoms. The van der Waals surface area contributed by atoms with Gasteiger partial charge in [0.15, 0.2) is 9.84 Å². The quantitative estimate of drug-likeness (QED) is 0.614. The van der Waals surface area contributed by atoms with Crippen LogP contribution < -0.4 is 0 Å². The molecule has 0 aliphatic carbocycles. The van der Waals surface area contributed by atoms with E-state index in [4.69, 9.17) is 11.6 Å². The number of benzene rings is 2. The van der Waals surface area contributed by atoms with Crippen molar-refractivity contribution in [1.29, 1.82) is 0 Å². The van der Waals surface area contributed by atoms with Crippen LogP contribution in [0.15, 0.2) is 59.1 Å². The maximum Gasteiger partial charge on any atom is 0.247 e. The highest BCUT2D eigenvalue weighted by atomic mass is 79.9. The van der Waals surface area contributed by atoms with Crippen LogP contribution in [0.2, 0.25) is 5.02 Å². The summed E-state index contributed by atoms with van der Waals surface area (Å²) >= 11 is 9.31. The standard InChI is InChI=1S/C20H19BrClNO3S/c21-17-3-1-2-16(12-17)13-23(19-10-11-27(25,26)14-19)20(24)9-6-15-4-7-18(22)8-5-15/h1-9,12,19H,10-11,13-14H2. The zero-order chi connectivity index (χ0) is 19.4. The predicted octanol–water partition coefficient (Wildman–Crippen LogP) is 4.33. The average molecular weight is 469 g/mol. The van der Waals surface area contributed by atoms with E-state index in [0.717, 1.165) is 15.6 Å². The number of hydrogen-bond acceptors (Lipinski definition) is 3. The lowest BCUT2D eigenvalue weighted by atomic mass is 10.1. The van der Waals surface area contributed by atoms with Crippen molar-refractivity contribution in [3.05, 3.63) is 75.2 Å². The second kappa shape index (κ2) is 8.59. The maximum absolute atomic E-state index is 12.9. The molecular formula is C20H19BrClNO3S. The van der Waals surface area contributed by atoms with Crippen molar-refractivity contribution in [2.24, 2.45) is 0 Å². The molecular weight excluding hydrogens is 450 g/mol. The number of nitrogens with zero attached hydrogens (tertiary/aromatic N) is 1. The molecule has 0 saturated carbocycles. The molecule has 1 fully saturated rings. The third-order valence-corrected chi connectivity index (χ3v) is 6.96. The van der Waals surface area contributed by atoms with E-state index in [1.54, 1.807) is 23.1 Å². The Morgan fingerprint density at radius 1 is 1.22 bits per heavy atom. The van der Waals surface area contributed by atoms with E-state index >= 15 is 0 Å². The van der Waals surface area contributed by atoms with Gasteiger partial charge in [-0.3, -0.25) is 4.79 Å². The Hall–Kier alpha value is -1.63. The van der Waals surface area contributed by atoms with E-state index in [0.29, 0.717) is 18.0 Å². The molecule has 1 aliphatic heterocycles. The van der Waals surface area contributed by atoms with E-state index in [1.807, 2.05) is 36.4 Å². The van der Waals surface area contributed by atoms with Crippen LogP contribution in [0.25, 0.3) is 6.08 Å². The van der Waals surface area contributed by atoms with Gasteiger partial charge in [0.25, 0.3) is 0 Å². The van der Waals surface area contributed by atoms with E-state index in [9.17, 15) is 13.2 Å². The molecule has 2 aromatic rings. The lowest BCUT2D eigenvalue weighted by Crippen LogP contribution is -2.39. The number of halogens is 2. The van der Waals surface area contributed by atoms with Crippen molar-refractivity contribution >= 4 is 49.4 Å². The van der Waals surface area contributed by atoms with Crippen LogP contribution in [0, 0.1) is 0 Å². The van der Waals surface area contributed by atoms with Crippen molar-refractivity contribution in [1.82, 2.24) is 4.90 Å². The largest absolute Gasteiger partial charge is 0.331 e. The molecule has 7 heteroatoms. The highest BCUT2D eigenvalue weighted by molar-refractivity contribution is 9.10. The summed E-state index contributed by atoms with van der Waals surface area (Å²) in [6.07, 6.45) is 3.68. The Labute approximate surface area is 172 Å². The maximum atomic E-state index is 12.9. The average Bonchev–Trinajstić information content (AvgIpc) is 2.98. The van der Waals surface area contributed by atoms with Crippen molar-refractivity contribution in [2.45, 2.75) is 19.0 Å². The summed E-state index contributed by atoms with van der Waals surface area (Å²) < 4.78 is 24.7. The molecule has 0 N–H and O–H groups in total. The molecule has 3 rings (SSSR count). The fourth-order valence-corrected chi connectivity index (χ4v) is 5.38. The van der Waals surface area contributed by atoms with Gasteiger partial charge >= 0.3 is 0 Å². The molecule has 1 atom stereocenters. The van der Waals surface area contributed by atoms with Crippen molar-refractivity contribution in [3.63, 3.8) is 0 Å². The summed E-state index contributed by atoms with van der Waals surface area (Å²) in [6.45, 7) is 0.365. The van der Waals surface area contributed by atoms with Crippen molar-refractivity contribution < 1.29 is 13.2 Å². The molecule has 27 heavy (non-hydrogen) atoms. The predicted molar refractivity (Wildman–Crippen MR) is 112 cm³/mol. The van der Waals surface area contributed by atoms with Gasteiger partial charge in [0, 0.05) is 28.2 Å². The zero-order valence-corrected chi connectivity index (χ0v) is 17.7. The van der Waals surface area contributed by atoms with Gasteiger partial charge in [-0.05, 0) is 47.9 Å². The first-order chi connectivity index (χ1) is 12.8. The highest BCUT2D eigenvalue weighted by Crippen LogP contribution is 2.22. The SMILES string of the molecule is O=C(C=Cc1ccc(Cl)cc1)N(Cc1cccc(Br)c1)C1CCS(=O)(=O)C1. The topological polar surface area (TPSA) is 54.5 Å². The van der Waals surface area contributed by atoms with Crippen molar-refractivity contribution in [2.75, 3.05) is 11.5 Å². The Kier molecular flexibility index (Phi) is 6.40. The Morgan fingerprint density at radius 3 is 2.59 bits per heavy atom. The summed E-state index contributed by atoms with van der Waals surface area (Å²) in [6, 6.07) is 14.5. The van der Waals surface area contributed by atoms with Crippen LogP contribution in [-0.4, -0.2) is 36.8 Å². The molecule has 1 aliphatic rings. The minimum atomic E-state index is -3.09. The van der Waals surface area contributed by atoms with Crippen molar-refractivity contribution in [3.8, 4) is 0 Å². The Balaban J connectivity index is 1.81. The molecule has 1 saturated heterocycles. The Bertz CT molecular complexity index is 957. The minimum absolute atomic E-state index is 0.0154. The summed E-state index contributed by atoms with van der Waals surface area (Å²) in [5, 5.41) is 0.630. The number of carbonyl (C=O) groups excluding carboxylic acids is 1. The number of rotatable bonds is 5. The lowest BCUT2D eigenvalue weighted by molar-refractivity contribution is -0.128. The van der Waals surface area contributed by atoms with Gasteiger partial charge in [-0.2, -0.15) is 0 Å². The number of carbonyl (C=O) groups is 1. The first kappa shape index (κ1) is 20.1. The van der Waals surface area contributed by atoms with Gasteiger partial charge in [-0.1, -0.05) is 51.8 Å². The van der Waals surface area contributed by atoms with Gasteiger partial charge in [0.05, 0.1) is 11.5 Å². The molecule has 0 spiro atoms. The molecule has 2 aromatic carbocycles. The molecule has 1 unspecified atom stereocenters. The van der Waals surface area contributed by atoms with Gasteiger partial charge in [0.1, 0.15) is 0 Å². The van der Waals surface area contributed by atoms with Crippen LogP contribution in [0.5, 0.6) is 0 Å². The van der Waals surface area contributed by atoms with E-state index in [-0.39, 0.29) is 23.5 Å². The second-order valence-electron chi connectivity index (χ2n) is 6.54. The molecule has 0 radical (unpaired) electrons. The van der Waals surface area contributed by atoms with E-state index in [1.165, 1.54) is 6.08 Å². The summed E-state index contributed by atoms with van der Waals surface area (Å²) in [5.74, 6) is -0.0606. The molecule has 142 valence electrons. The first-order valence-corrected chi connectivity index (χ1v) is 11.5. The van der Waals surface area contributed by atoms with Gasteiger partial charge in [-0.15, -0.1) is 0 Å². The molecule has 1 amide bonds. The van der Waals surface area contributed by atoms with Crippen LogP contribution in [0.4, 0.5) is 0 Å². The summed E-state index contributed by atoms with van der Waals surface area (Å²) in [5.41, 5.74) is 1.80. The highest BCUT2D eigenvalue weighted by Gasteiger charge is 2.34. The number of hydrogen-bond donors (Lipinski definition) is 0. The molecule has 4 nitrogen and oxygen atoms in total. The monoisotopic (exact) mass is 467 g/mol. The normalized spacial score (nSPS) is 18.7. The minimum Gasteiger partial charge on any atom is -0.331 e.